The lowest BCUT2D eigenvalue weighted by molar-refractivity contribution is 0.0925. The van der Waals surface area contributed by atoms with E-state index in [1.807, 2.05) is 48.5 Å². The van der Waals surface area contributed by atoms with E-state index in [2.05, 4.69) is 5.32 Å². The summed E-state index contributed by atoms with van der Waals surface area (Å²) in [6.07, 6.45) is 0. The predicted molar refractivity (Wildman–Crippen MR) is 102 cm³/mol. The molecule has 2 heterocycles. The maximum atomic E-state index is 12.4. The van der Waals surface area contributed by atoms with E-state index in [-0.39, 0.29) is 17.5 Å². The lowest BCUT2D eigenvalue weighted by Crippen LogP contribution is -2.21. The molecule has 1 N–H and O–H groups in total. The second kappa shape index (κ2) is 6.98. The Hall–Kier alpha value is -3.18. The normalized spacial score (nSPS) is 10.8. The Kier molecular flexibility index (Phi) is 4.37. The molecule has 0 fully saturated rings. The van der Waals surface area contributed by atoms with Gasteiger partial charge in [-0.25, -0.2) is 0 Å². The van der Waals surface area contributed by atoms with Gasteiger partial charge in [-0.1, -0.05) is 48.5 Å². The lowest BCUT2D eigenvalue weighted by Gasteiger charge is -2.00. The first-order valence-corrected chi connectivity index (χ1v) is 8.97. The highest BCUT2D eigenvalue weighted by Crippen LogP contribution is 2.21. The largest absolute Gasteiger partial charge is 0.451 e. The number of hydrogen-bond acceptors (Lipinski definition) is 4. The van der Waals surface area contributed by atoms with Gasteiger partial charge in [-0.3, -0.25) is 9.59 Å². The summed E-state index contributed by atoms with van der Waals surface area (Å²) in [4.78, 5) is 26.3. The second-order valence-electron chi connectivity index (χ2n) is 5.79. The van der Waals surface area contributed by atoms with Crippen molar-refractivity contribution in [1.82, 2.24) is 5.32 Å². The Bertz CT molecular complexity index is 1050. The first-order chi connectivity index (χ1) is 12.7. The quantitative estimate of drug-likeness (QED) is 0.526. The molecule has 0 atom stereocenters. The van der Waals surface area contributed by atoms with Gasteiger partial charge < -0.3 is 9.73 Å². The van der Waals surface area contributed by atoms with Crippen molar-refractivity contribution in [3.05, 3.63) is 93.9 Å². The molecule has 4 aromatic rings. The van der Waals surface area contributed by atoms with Gasteiger partial charge in [0.2, 0.25) is 5.78 Å². The molecule has 26 heavy (non-hydrogen) atoms. The third-order valence-corrected chi connectivity index (χ3v) is 5.08. The van der Waals surface area contributed by atoms with E-state index in [1.165, 1.54) is 11.3 Å². The fourth-order valence-corrected chi connectivity index (χ4v) is 3.58. The summed E-state index contributed by atoms with van der Waals surface area (Å²) in [5, 5.41) is 3.73. The van der Waals surface area contributed by atoms with Gasteiger partial charge in [0.25, 0.3) is 5.91 Å². The van der Waals surface area contributed by atoms with Crippen LogP contribution in [0.25, 0.3) is 11.0 Å². The van der Waals surface area contributed by atoms with E-state index in [9.17, 15) is 9.59 Å². The Labute approximate surface area is 154 Å². The van der Waals surface area contributed by atoms with Crippen molar-refractivity contribution in [3.63, 3.8) is 0 Å². The number of rotatable bonds is 5. The number of fused-ring (bicyclic) bond motifs is 1. The van der Waals surface area contributed by atoms with Crippen LogP contribution in [0, 0.1) is 0 Å². The van der Waals surface area contributed by atoms with Gasteiger partial charge in [-0.2, -0.15) is 0 Å². The molecule has 0 bridgehead atoms. The van der Waals surface area contributed by atoms with Gasteiger partial charge in [-0.05, 0) is 24.3 Å². The molecule has 5 heteroatoms. The number of nitrogens with one attached hydrogen (secondary N) is 1. The van der Waals surface area contributed by atoms with Crippen molar-refractivity contribution in [1.29, 1.82) is 0 Å². The number of carbonyl (C=O) groups is 2. The van der Waals surface area contributed by atoms with Gasteiger partial charge in [-0.15, -0.1) is 11.3 Å². The van der Waals surface area contributed by atoms with Crippen LogP contribution in [0.2, 0.25) is 0 Å². The maximum Gasteiger partial charge on any atom is 0.287 e. The topological polar surface area (TPSA) is 59.3 Å². The highest BCUT2D eigenvalue weighted by atomic mass is 32.1. The third kappa shape index (κ3) is 3.30. The van der Waals surface area contributed by atoms with Crippen LogP contribution in [0.3, 0.4) is 0 Å². The van der Waals surface area contributed by atoms with Crippen molar-refractivity contribution in [2.75, 3.05) is 0 Å². The predicted octanol–water partition coefficient (Wildman–Crippen LogP) is 4.66. The standard InChI is InChI=1S/C21H15NO3S/c23-20(14-6-2-1-3-7-14)19-11-10-16(26-19)13-22-21(24)18-12-15-8-4-5-9-17(15)25-18/h1-12H,13H2,(H,22,24). The molecule has 0 saturated heterocycles. The van der Waals surface area contributed by atoms with Crippen molar-refractivity contribution in [2.24, 2.45) is 0 Å². The highest BCUT2D eigenvalue weighted by Gasteiger charge is 2.14. The Morgan fingerprint density at radius 2 is 1.69 bits per heavy atom. The molecule has 0 aliphatic carbocycles. The molecule has 2 aromatic carbocycles. The molecule has 1 amide bonds. The average Bonchev–Trinajstić information content (AvgIpc) is 3.33. The summed E-state index contributed by atoms with van der Waals surface area (Å²) < 4.78 is 5.56. The highest BCUT2D eigenvalue weighted by molar-refractivity contribution is 7.14. The number of hydrogen-bond donors (Lipinski definition) is 1. The Morgan fingerprint density at radius 3 is 2.50 bits per heavy atom. The van der Waals surface area contributed by atoms with Crippen LogP contribution in [0.1, 0.15) is 30.7 Å². The monoisotopic (exact) mass is 361 g/mol. The number of ketones is 1. The van der Waals surface area contributed by atoms with Crippen molar-refractivity contribution in [2.45, 2.75) is 6.54 Å². The molecular weight excluding hydrogens is 346 g/mol. The smallest absolute Gasteiger partial charge is 0.287 e. The Balaban J connectivity index is 1.43. The van der Waals surface area contributed by atoms with E-state index >= 15 is 0 Å². The average molecular weight is 361 g/mol. The molecule has 0 spiro atoms. The zero-order chi connectivity index (χ0) is 17.9. The van der Waals surface area contributed by atoms with Crippen molar-refractivity contribution < 1.29 is 14.0 Å². The summed E-state index contributed by atoms with van der Waals surface area (Å²) in [5.41, 5.74) is 1.34. The molecular formula is C21H15NO3S. The fraction of sp³-hybridized carbons (Fsp3) is 0.0476. The molecule has 4 nitrogen and oxygen atoms in total. The number of para-hydroxylation sites is 1. The molecule has 0 radical (unpaired) electrons. The molecule has 0 aliphatic heterocycles. The second-order valence-corrected chi connectivity index (χ2v) is 6.96. The molecule has 0 unspecified atom stereocenters. The van der Waals surface area contributed by atoms with E-state index in [4.69, 9.17) is 4.42 Å². The number of furan rings is 1. The summed E-state index contributed by atoms with van der Waals surface area (Å²) >= 11 is 1.38. The SMILES string of the molecule is O=C(NCc1ccc(C(=O)c2ccccc2)s1)c1cc2ccccc2o1. The number of carbonyl (C=O) groups excluding carboxylic acids is 2. The minimum absolute atomic E-state index is 0.00883. The first kappa shape index (κ1) is 16.3. The summed E-state index contributed by atoms with van der Waals surface area (Å²) in [5.74, 6) is -0.000613. The van der Waals surface area contributed by atoms with Crippen LogP contribution >= 0.6 is 11.3 Å². The first-order valence-electron chi connectivity index (χ1n) is 8.16. The minimum atomic E-state index is -0.273. The molecule has 0 aliphatic rings. The van der Waals surface area contributed by atoms with Crippen LogP contribution in [0.15, 0.2) is 77.2 Å². The fourth-order valence-electron chi connectivity index (χ4n) is 2.68. The van der Waals surface area contributed by atoms with Gasteiger partial charge in [0.15, 0.2) is 5.76 Å². The van der Waals surface area contributed by atoms with Gasteiger partial charge in [0.1, 0.15) is 5.58 Å². The zero-order valence-corrected chi connectivity index (χ0v) is 14.6. The molecule has 128 valence electrons. The summed E-state index contributed by atoms with van der Waals surface area (Å²) in [6.45, 7) is 0.350. The van der Waals surface area contributed by atoms with Crippen LogP contribution in [-0.4, -0.2) is 11.7 Å². The minimum Gasteiger partial charge on any atom is -0.451 e. The van der Waals surface area contributed by atoms with Crippen molar-refractivity contribution in [3.8, 4) is 0 Å². The third-order valence-electron chi connectivity index (χ3n) is 3.99. The van der Waals surface area contributed by atoms with E-state index in [1.54, 1.807) is 24.3 Å². The van der Waals surface area contributed by atoms with E-state index in [0.717, 1.165) is 10.3 Å². The van der Waals surface area contributed by atoms with Crippen LogP contribution < -0.4 is 5.32 Å². The van der Waals surface area contributed by atoms with E-state index in [0.29, 0.717) is 22.6 Å². The Morgan fingerprint density at radius 1 is 0.923 bits per heavy atom. The van der Waals surface area contributed by atoms with Gasteiger partial charge in [0, 0.05) is 15.8 Å². The number of benzene rings is 2. The molecule has 0 saturated carbocycles. The van der Waals surface area contributed by atoms with Gasteiger partial charge >= 0.3 is 0 Å². The lowest BCUT2D eigenvalue weighted by atomic mass is 10.1. The van der Waals surface area contributed by atoms with Crippen LogP contribution in [0.4, 0.5) is 0 Å². The number of thiophene rings is 1. The van der Waals surface area contributed by atoms with Gasteiger partial charge in [0.05, 0.1) is 11.4 Å². The number of amides is 1. The zero-order valence-electron chi connectivity index (χ0n) is 13.8. The molecule has 2 aromatic heterocycles. The van der Waals surface area contributed by atoms with Crippen molar-refractivity contribution >= 4 is 34.0 Å². The summed E-state index contributed by atoms with van der Waals surface area (Å²) in [6, 6.07) is 22.0. The maximum absolute atomic E-state index is 12.4. The summed E-state index contributed by atoms with van der Waals surface area (Å²) in [7, 11) is 0. The van der Waals surface area contributed by atoms with Crippen LogP contribution in [0.5, 0.6) is 0 Å². The molecule has 4 rings (SSSR count). The van der Waals surface area contributed by atoms with E-state index < -0.39 is 0 Å². The van der Waals surface area contributed by atoms with Crippen LogP contribution in [-0.2, 0) is 6.54 Å².